The predicted molar refractivity (Wildman–Crippen MR) is 170 cm³/mol. The van der Waals surface area contributed by atoms with Crippen molar-refractivity contribution in [3.63, 3.8) is 0 Å². The van der Waals surface area contributed by atoms with Gasteiger partial charge in [0.25, 0.3) is 0 Å². The maximum Gasteiger partial charge on any atom is 0.242 e. The minimum atomic E-state index is -0.275. The monoisotopic (exact) mass is 581 g/mol. The van der Waals surface area contributed by atoms with Gasteiger partial charge >= 0.3 is 0 Å². The summed E-state index contributed by atoms with van der Waals surface area (Å²) in [5.41, 5.74) is -0.807. The van der Waals surface area contributed by atoms with Crippen molar-refractivity contribution in [2.45, 2.75) is 153 Å². The molecule has 0 aromatic heterocycles. The average Bonchev–Trinajstić information content (AvgIpc) is 3.65. The molecule has 0 unspecified atom stereocenters. The molecule has 0 radical (unpaired) electrons. The topological polar surface area (TPSA) is 106 Å². The van der Waals surface area contributed by atoms with E-state index in [1.165, 1.54) is 25.7 Å². The van der Waals surface area contributed by atoms with Gasteiger partial charge in [-0.3, -0.25) is 14.4 Å². The van der Waals surface area contributed by atoms with Crippen molar-refractivity contribution < 1.29 is 14.4 Å². The summed E-state index contributed by atoms with van der Waals surface area (Å²) in [6, 6.07) is 1.12. The first kappa shape index (κ1) is 37.3. The van der Waals surface area contributed by atoms with Crippen LogP contribution in [0.2, 0.25) is 0 Å². The summed E-state index contributed by atoms with van der Waals surface area (Å²) in [5.74, 6) is 0.631. The fourth-order valence-electron chi connectivity index (χ4n) is 6.97. The molecule has 0 aliphatic heterocycles. The van der Waals surface area contributed by atoms with Crippen molar-refractivity contribution in [1.82, 2.24) is 31.1 Å². The summed E-state index contributed by atoms with van der Waals surface area (Å²) < 4.78 is 0. The Bertz CT molecular complexity index is 760. The second-order valence-electron chi connectivity index (χ2n) is 13.7. The highest BCUT2D eigenvalue weighted by Crippen LogP contribution is 2.33. The van der Waals surface area contributed by atoms with Crippen LogP contribution in [0.15, 0.2) is 0 Å². The summed E-state index contributed by atoms with van der Waals surface area (Å²) in [6.45, 7) is 12.6. The van der Waals surface area contributed by atoms with E-state index in [0.717, 1.165) is 51.4 Å². The minimum absolute atomic E-state index is 0.152. The largest absolute Gasteiger partial charge is 0.358 e. The smallest absolute Gasteiger partial charge is 0.242 e. The van der Waals surface area contributed by atoms with Crippen LogP contribution in [0, 0.1) is 0 Å². The summed E-state index contributed by atoms with van der Waals surface area (Å²) in [4.78, 5) is 39.2. The first-order valence-corrected chi connectivity index (χ1v) is 16.0. The Labute approximate surface area is 251 Å². The predicted octanol–water partition coefficient (Wildman–Crippen LogP) is 3.81. The highest BCUT2D eigenvalue weighted by molar-refractivity contribution is 5.87. The molecular formula is C32H64N6O3. The van der Waals surface area contributed by atoms with Gasteiger partial charge in [-0.05, 0) is 80.1 Å². The van der Waals surface area contributed by atoms with Gasteiger partial charge in [-0.2, -0.15) is 0 Å². The molecule has 0 aromatic rings. The number of rotatable bonds is 9. The molecule has 3 aliphatic rings. The van der Waals surface area contributed by atoms with Crippen molar-refractivity contribution in [1.29, 1.82) is 0 Å². The van der Waals surface area contributed by atoms with Gasteiger partial charge in [0, 0.05) is 53.4 Å². The van der Waals surface area contributed by atoms with Gasteiger partial charge in [0.05, 0.1) is 16.6 Å². The van der Waals surface area contributed by atoms with Gasteiger partial charge in [0.15, 0.2) is 0 Å². The molecule has 3 saturated carbocycles. The van der Waals surface area contributed by atoms with E-state index in [2.05, 4.69) is 62.8 Å². The number of hydrogen-bond acceptors (Lipinski definition) is 6. The maximum absolute atomic E-state index is 12.1. The van der Waals surface area contributed by atoms with Crippen LogP contribution < -0.4 is 21.3 Å². The van der Waals surface area contributed by atoms with E-state index in [0.29, 0.717) is 18.1 Å². The molecule has 3 rings (SSSR count). The Morgan fingerprint density at radius 3 is 0.976 bits per heavy atom. The molecule has 4 N–H and O–H groups in total. The lowest BCUT2D eigenvalue weighted by molar-refractivity contribution is -0.136. The van der Waals surface area contributed by atoms with Crippen molar-refractivity contribution in [3.8, 4) is 0 Å². The van der Waals surface area contributed by atoms with Gasteiger partial charge < -0.3 is 31.1 Å². The van der Waals surface area contributed by atoms with Crippen LogP contribution in [0.25, 0.3) is 0 Å². The molecule has 240 valence electrons. The summed E-state index contributed by atoms with van der Waals surface area (Å²) in [5, 5.41) is 13.0. The second-order valence-corrected chi connectivity index (χ2v) is 13.7. The van der Waals surface area contributed by atoms with Crippen molar-refractivity contribution in [2.75, 3.05) is 35.2 Å². The molecule has 0 spiro atoms. The molecule has 3 aliphatic carbocycles. The second kappa shape index (κ2) is 16.8. The van der Waals surface area contributed by atoms with E-state index in [-0.39, 0.29) is 34.3 Å². The molecule has 0 bridgehead atoms. The fourth-order valence-corrected chi connectivity index (χ4v) is 6.97. The Morgan fingerprint density at radius 2 is 0.756 bits per heavy atom. The van der Waals surface area contributed by atoms with Crippen molar-refractivity contribution in [2.24, 2.45) is 0 Å². The molecule has 9 nitrogen and oxygen atoms in total. The lowest BCUT2D eigenvalue weighted by Gasteiger charge is -2.33. The number of amides is 3. The van der Waals surface area contributed by atoms with Crippen molar-refractivity contribution in [3.05, 3.63) is 0 Å². The van der Waals surface area contributed by atoms with E-state index in [1.54, 1.807) is 16.8 Å². The third kappa shape index (κ3) is 10.8. The minimum Gasteiger partial charge on any atom is -0.358 e. The number of likely N-dealkylation sites (N-methyl/N-ethyl adjacent to an activating group) is 3. The van der Waals surface area contributed by atoms with E-state index >= 15 is 0 Å². The Kier molecular flexibility index (Phi) is 15.3. The van der Waals surface area contributed by atoms with Crippen LogP contribution in [-0.4, -0.2) is 97.5 Å². The molecule has 41 heavy (non-hydrogen) atoms. The van der Waals surface area contributed by atoms with Crippen molar-refractivity contribution >= 4 is 17.7 Å². The quantitative estimate of drug-likeness (QED) is 0.331. The third-order valence-electron chi connectivity index (χ3n) is 8.36. The van der Waals surface area contributed by atoms with Crippen LogP contribution in [-0.2, 0) is 14.4 Å². The van der Waals surface area contributed by atoms with Gasteiger partial charge in [-0.1, -0.05) is 38.5 Å². The van der Waals surface area contributed by atoms with Gasteiger partial charge in [-0.15, -0.1) is 0 Å². The molecule has 3 amide bonds. The first-order valence-electron chi connectivity index (χ1n) is 16.0. The number of nitrogens with one attached hydrogen (secondary N) is 4. The highest BCUT2D eigenvalue weighted by atomic mass is 16.2. The van der Waals surface area contributed by atoms with Crippen LogP contribution in [0.4, 0.5) is 0 Å². The number of nitrogens with zero attached hydrogens (tertiary/aromatic N) is 2. The molecule has 0 heterocycles. The number of carbonyl (C=O) groups is 3. The molecule has 3 fully saturated rings. The summed E-state index contributed by atoms with van der Waals surface area (Å²) in [7, 11) is 9.06. The molecule has 9 heteroatoms. The molecule has 0 saturated heterocycles. The molecule has 0 aromatic carbocycles. The third-order valence-corrected chi connectivity index (χ3v) is 8.36. The van der Waals surface area contributed by atoms with Crippen LogP contribution in [0.1, 0.15) is 119 Å². The van der Waals surface area contributed by atoms with Crippen LogP contribution in [0.3, 0.4) is 0 Å². The average molecular weight is 581 g/mol. The van der Waals surface area contributed by atoms with E-state index in [9.17, 15) is 14.4 Å². The van der Waals surface area contributed by atoms with E-state index < -0.39 is 0 Å². The van der Waals surface area contributed by atoms with E-state index in [1.807, 2.05) is 28.2 Å². The zero-order valence-corrected chi connectivity index (χ0v) is 28.3. The lowest BCUT2D eigenvalue weighted by Crippen LogP contribution is -2.56. The normalized spacial score (nSPS) is 20.2. The number of carbonyl (C=O) groups excluding carboxylic acids is 3. The fraction of sp³-hybridized carbons (Fsp3) is 0.906. The Morgan fingerprint density at radius 1 is 0.512 bits per heavy atom. The zero-order chi connectivity index (χ0) is 31.4. The Balaban J connectivity index is 0.000000308. The Hall–Kier alpha value is -1.71. The van der Waals surface area contributed by atoms with Gasteiger partial charge in [-0.25, -0.2) is 0 Å². The van der Waals surface area contributed by atoms with Crippen LogP contribution in [0.5, 0.6) is 0 Å². The van der Waals surface area contributed by atoms with Crippen LogP contribution >= 0.6 is 0 Å². The molecule has 0 atom stereocenters. The first-order chi connectivity index (χ1) is 19.1. The van der Waals surface area contributed by atoms with Gasteiger partial charge in [0.2, 0.25) is 17.7 Å². The van der Waals surface area contributed by atoms with Gasteiger partial charge in [0.1, 0.15) is 0 Å². The lowest BCUT2D eigenvalue weighted by atomic mass is 9.94. The highest BCUT2D eigenvalue weighted by Gasteiger charge is 2.43. The SMILES string of the molecule is CC(C)NC1(C(=O)N(C)C)CCCC1.CC(C)NC1(C(=O)N(C)C)CCCC1.CNC(=O)C1(NC(C)C)CCCC1. The number of hydrogen-bond donors (Lipinski definition) is 4. The summed E-state index contributed by atoms with van der Waals surface area (Å²) >= 11 is 0. The summed E-state index contributed by atoms with van der Waals surface area (Å²) in [6.07, 6.45) is 12.9. The van der Waals surface area contributed by atoms with E-state index in [4.69, 9.17) is 0 Å². The maximum atomic E-state index is 12.1. The zero-order valence-electron chi connectivity index (χ0n) is 28.3. The standard InChI is InChI=1S/2C11H22N2O.C10H20N2O/c2*1-9(2)12-11(7-5-6-8-11)10(14)13(3)4;1-8(2)12-10(9(13)11-3)6-4-5-7-10/h2*9,12H,5-8H2,1-4H3;8,12H,4-7H2,1-3H3,(H,11,13). The molecular weight excluding hydrogens is 516 g/mol.